The molecular formula is C10H11N2O3Y+2. The van der Waals surface area contributed by atoms with E-state index >= 15 is 0 Å². The Bertz CT molecular complexity index is 382. The zero-order valence-electron chi connectivity index (χ0n) is 8.90. The van der Waals surface area contributed by atoms with Crippen molar-refractivity contribution in [3.8, 4) is 0 Å². The number of carbonyl (C=O) groups excluding carboxylic acids is 2. The first-order chi connectivity index (χ1) is 7.15. The average molecular weight is 296 g/mol. The number of ketones is 1. The number of carbonyl (C=O) groups is 2. The van der Waals surface area contributed by atoms with Crippen molar-refractivity contribution < 1.29 is 47.0 Å². The summed E-state index contributed by atoms with van der Waals surface area (Å²) < 4.78 is 4.64. The normalized spacial score (nSPS) is 9.06. The van der Waals surface area contributed by atoms with Crippen molar-refractivity contribution in [2.75, 3.05) is 6.61 Å². The predicted molar refractivity (Wildman–Crippen MR) is 53.8 cm³/mol. The number of hydrogen-bond acceptors (Lipinski definition) is 4. The Hall–Kier alpha value is -0.806. The molecule has 0 aliphatic heterocycles. The molecule has 5 nitrogen and oxygen atoms in total. The molecule has 1 heterocycles. The van der Waals surface area contributed by atoms with Gasteiger partial charge >= 0.3 is 38.7 Å². The molecule has 0 fully saturated rings. The maximum atomic E-state index is 11.5. The van der Waals surface area contributed by atoms with Crippen LogP contribution >= 0.6 is 0 Å². The van der Waals surface area contributed by atoms with Crippen LogP contribution in [0.5, 0.6) is 0 Å². The Morgan fingerprint density at radius 2 is 2.19 bits per heavy atom. The Labute approximate surface area is 119 Å². The van der Waals surface area contributed by atoms with E-state index in [4.69, 9.17) is 5.73 Å². The summed E-state index contributed by atoms with van der Waals surface area (Å²) in [6.45, 7) is 1.92. The number of pyridine rings is 1. The van der Waals surface area contributed by atoms with E-state index in [1.807, 2.05) is 0 Å². The van der Waals surface area contributed by atoms with Crippen LogP contribution in [0.4, 0.5) is 5.69 Å². The minimum Gasteiger partial charge on any atom is -0.697 e. The summed E-state index contributed by atoms with van der Waals surface area (Å²) in [6, 6.07) is 1.42. The zero-order valence-corrected chi connectivity index (χ0v) is 11.7. The van der Waals surface area contributed by atoms with Crippen LogP contribution in [-0.2, 0) is 42.2 Å². The molecule has 1 aromatic rings. The van der Waals surface area contributed by atoms with E-state index in [-0.39, 0.29) is 57.0 Å². The fourth-order valence-electron chi connectivity index (χ4n) is 1.08. The molecule has 0 amide bonds. The molecule has 1 N–H and O–H groups in total. The number of nitrogens with one attached hydrogen (secondary N) is 1. The van der Waals surface area contributed by atoms with Gasteiger partial charge in [-0.05, 0) is 13.0 Å². The Balaban J connectivity index is 0.00000225. The van der Waals surface area contributed by atoms with Crippen molar-refractivity contribution in [2.45, 2.75) is 13.3 Å². The van der Waals surface area contributed by atoms with E-state index in [9.17, 15) is 9.59 Å². The quantitative estimate of drug-likeness (QED) is 0.483. The van der Waals surface area contributed by atoms with Gasteiger partial charge in [0.15, 0.2) is 5.78 Å². The van der Waals surface area contributed by atoms with Gasteiger partial charge in [0.2, 0.25) is 0 Å². The van der Waals surface area contributed by atoms with Crippen LogP contribution in [0.1, 0.15) is 23.7 Å². The maximum absolute atomic E-state index is 11.5. The number of ether oxygens (including phenoxy) is 1. The molecule has 1 rings (SSSR count). The Morgan fingerprint density at radius 3 is 2.75 bits per heavy atom. The molecule has 0 unspecified atom stereocenters. The smallest absolute Gasteiger partial charge is 0.697 e. The average Bonchev–Trinajstić information content (AvgIpc) is 2.18. The Kier molecular flexibility index (Phi) is 7.09. The monoisotopic (exact) mass is 296 g/mol. The summed E-state index contributed by atoms with van der Waals surface area (Å²) in [6.07, 6.45) is 2.35. The van der Waals surface area contributed by atoms with Crippen molar-refractivity contribution >= 4 is 17.4 Å². The summed E-state index contributed by atoms with van der Waals surface area (Å²) >= 11 is 0. The topological polar surface area (TPSA) is 80.1 Å². The summed E-state index contributed by atoms with van der Waals surface area (Å²) in [4.78, 5) is 26.2. The largest absolute Gasteiger partial charge is 3.00 e. The van der Waals surface area contributed by atoms with E-state index in [2.05, 4.69) is 9.72 Å². The molecule has 0 radical (unpaired) electrons. The molecule has 0 aliphatic rings. The van der Waals surface area contributed by atoms with Crippen LogP contribution < -0.4 is 0 Å². The van der Waals surface area contributed by atoms with Crippen molar-refractivity contribution in [1.29, 1.82) is 0 Å². The van der Waals surface area contributed by atoms with Crippen molar-refractivity contribution in [1.82, 2.24) is 4.98 Å². The minimum atomic E-state index is -0.571. The van der Waals surface area contributed by atoms with Gasteiger partial charge in [-0.3, -0.25) is 14.6 Å². The fraction of sp³-hybridized carbons (Fsp3) is 0.300. The third-order valence-corrected chi connectivity index (χ3v) is 1.73. The predicted octanol–water partition coefficient (Wildman–Crippen LogP) is 1.90. The van der Waals surface area contributed by atoms with E-state index < -0.39 is 11.8 Å². The summed E-state index contributed by atoms with van der Waals surface area (Å²) in [7, 11) is 0. The van der Waals surface area contributed by atoms with Gasteiger partial charge in [0.05, 0.1) is 6.61 Å². The van der Waals surface area contributed by atoms with Gasteiger partial charge in [-0.25, -0.2) is 0 Å². The molecule has 0 saturated heterocycles. The van der Waals surface area contributed by atoms with Crippen LogP contribution in [0.25, 0.3) is 5.73 Å². The molecule has 0 saturated carbocycles. The zero-order chi connectivity index (χ0) is 11.3. The van der Waals surface area contributed by atoms with E-state index in [0.717, 1.165) is 0 Å². The van der Waals surface area contributed by atoms with Crippen molar-refractivity contribution in [2.24, 2.45) is 0 Å². The molecule has 0 atom stereocenters. The standard InChI is InChI=1S/C10H12N2O3.Y/c1-2-15-10(14)5-9(13)7-3-4-12-6-8(7)11;/h3-4,6H,2,5H2,1H3,(H2,11,13);/q;+3/p-1. The first-order valence-corrected chi connectivity index (χ1v) is 4.49. The van der Waals surface area contributed by atoms with E-state index in [1.54, 1.807) is 6.92 Å². The van der Waals surface area contributed by atoms with Gasteiger partial charge in [-0.2, -0.15) is 0 Å². The third kappa shape index (κ3) is 4.37. The van der Waals surface area contributed by atoms with Crippen LogP contribution in [0.3, 0.4) is 0 Å². The SMILES string of the molecule is CCOC(=O)CC(=O)c1ccncc1[NH-].[Y+3]. The second-order valence-corrected chi connectivity index (χ2v) is 2.83. The molecule has 80 valence electrons. The molecule has 0 aromatic carbocycles. The maximum Gasteiger partial charge on any atom is 3.00 e. The van der Waals surface area contributed by atoms with Crippen molar-refractivity contribution in [3.63, 3.8) is 0 Å². The number of Topliss-reactive ketones (excluding diaryl/α,β-unsaturated/α-hetero) is 1. The summed E-state index contributed by atoms with van der Waals surface area (Å²) in [5.74, 6) is -0.987. The van der Waals surface area contributed by atoms with Gasteiger partial charge in [0.25, 0.3) is 0 Å². The van der Waals surface area contributed by atoms with E-state index in [0.29, 0.717) is 0 Å². The molecule has 6 heteroatoms. The number of aromatic nitrogens is 1. The molecule has 1 aromatic heterocycles. The van der Waals surface area contributed by atoms with Crippen LogP contribution in [0, 0.1) is 0 Å². The summed E-state index contributed by atoms with van der Waals surface area (Å²) in [5.41, 5.74) is 7.62. The second-order valence-electron chi connectivity index (χ2n) is 2.83. The number of rotatable bonds is 4. The molecule has 0 spiro atoms. The molecular weight excluding hydrogens is 285 g/mol. The van der Waals surface area contributed by atoms with Gasteiger partial charge < -0.3 is 10.5 Å². The number of hydrogen-bond donors (Lipinski definition) is 0. The van der Waals surface area contributed by atoms with Gasteiger partial charge in [-0.15, -0.1) is 5.69 Å². The van der Waals surface area contributed by atoms with Crippen LogP contribution in [-0.4, -0.2) is 23.3 Å². The minimum absolute atomic E-state index is 0. The molecule has 16 heavy (non-hydrogen) atoms. The first-order valence-electron chi connectivity index (χ1n) is 4.49. The molecule has 0 bridgehead atoms. The number of esters is 1. The summed E-state index contributed by atoms with van der Waals surface area (Å²) in [5, 5.41) is 0. The fourth-order valence-corrected chi connectivity index (χ4v) is 1.08. The van der Waals surface area contributed by atoms with Crippen LogP contribution in [0.15, 0.2) is 18.5 Å². The third-order valence-electron chi connectivity index (χ3n) is 1.73. The molecule has 0 aliphatic carbocycles. The van der Waals surface area contributed by atoms with Gasteiger partial charge in [0, 0.05) is 18.0 Å². The van der Waals surface area contributed by atoms with Gasteiger partial charge in [-0.1, -0.05) is 0 Å². The Morgan fingerprint density at radius 1 is 1.50 bits per heavy atom. The second kappa shape index (κ2) is 7.46. The number of nitrogens with zero attached hydrogens (tertiary/aromatic N) is 1. The van der Waals surface area contributed by atoms with Crippen LogP contribution in [0.2, 0.25) is 0 Å². The van der Waals surface area contributed by atoms with Crippen molar-refractivity contribution in [3.05, 3.63) is 29.8 Å². The van der Waals surface area contributed by atoms with Gasteiger partial charge in [0.1, 0.15) is 6.42 Å². The first kappa shape index (κ1) is 15.2. The van der Waals surface area contributed by atoms with E-state index in [1.165, 1.54) is 18.5 Å².